The molecule has 2 atom stereocenters. The highest BCUT2D eigenvalue weighted by Gasteiger charge is 2.07. The third-order valence-electron chi connectivity index (χ3n) is 1.13. The number of hydrogen-bond acceptors (Lipinski definition) is 4. The van der Waals surface area contributed by atoms with Crippen molar-refractivity contribution in [1.82, 2.24) is 0 Å². The van der Waals surface area contributed by atoms with Crippen molar-refractivity contribution >= 4 is 11.8 Å². The Morgan fingerprint density at radius 2 is 2.20 bits per heavy atom. The van der Waals surface area contributed by atoms with Crippen LogP contribution in [0.2, 0.25) is 0 Å². The van der Waals surface area contributed by atoms with Crippen LogP contribution in [0, 0.1) is 0 Å². The Labute approximate surface area is 65.6 Å². The van der Waals surface area contributed by atoms with Gasteiger partial charge in [0.15, 0.2) is 0 Å². The van der Waals surface area contributed by atoms with Gasteiger partial charge in [-0.25, -0.2) is 0 Å². The number of aliphatic hydroxyl groups is 2. The van der Waals surface area contributed by atoms with E-state index in [0.29, 0.717) is 11.5 Å². The normalized spacial score (nSPS) is 16.8. The zero-order valence-electron chi connectivity index (χ0n) is 6.16. The first-order valence-electron chi connectivity index (χ1n) is 3.30. The molecule has 4 N–H and O–H groups in total. The van der Waals surface area contributed by atoms with E-state index in [4.69, 9.17) is 15.9 Å². The summed E-state index contributed by atoms with van der Waals surface area (Å²) < 4.78 is 0. The van der Waals surface area contributed by atoms with Gasteiger partial charge in [0, 0.05) is 17.5 Å². The van der Waals surface area contributed by atoms with Crippen molar-refractivity contribution in [3.63, 3.8) is 0 Å². The third kappa shape index (κ3) is 5.05. The molecule has 10 heavy (non-hydrogen) atoms. The molecule has 0 rings (SSSR count). The molecule has 0 aromatic heterocycles. The Hall–Kier alpha value is 0.230. The highest BCUT2D eigenvalue weighted by molar-refractivity contribution is 7.99. The second-order valence-corrected chi connectivity index (χ2v) is 3.37. The highest BCUT2D eigenvalue weighted by Crippen LogP contribution is 2.03. The Bertz CT molecular complexity index is 80.1. The SMILES string of the molecule is CC(N)C(O)CSCCO. The minimum Gasteiger partial charge on any atom is -0.396 e. The molecule has 0 heterocycles. The second kappa shape index (κ2) is 5.97. The van der Waals surface area contributed by atoms with E-state index < -0.39 is 6.10 Å². The van der Waals surface area contributed by atoms with Gasteiger partial charge in [-0.15, -0.1) is 0 Å². The van der Waals surface area contributed by atoms with Gasteiger partial charge < -0.3 is 15.9 Å². The fourth-order valence-corrected chi connectivity index (χ4v) is 1.26. The molecule has 0 aliphatic rings. The number of hydrogen-bond donors (Lipinski definition) is 3. The number of thioether (sulfide) groups is 1. The second-order valence-electron chi connectivity index (χ2n) is 2.22. The Balaban J connectivity index is 3.13. The summed E-state index contributed by atoms with van der Waals surface area (Å²) in [7, 11) is 0. The summed E-state index contributed by atoms with van der Waals surface area (Å²) in [4.78, 5) is 0. The van der Waals surface area contributed by atoms with E-state index in [0.717, 1.165) is 0 Å². The van der Waals surface area contributed by atoms with Crippen LogP contribution in [0.15, 0.2) is 0 Å². The molecule has 2 unspecified atom stereocenters. The van der Waals surface area contributed by atoms with Crippen LogP contribution in [-0.4, -0.2) is 40.5 Å². The number of aliphatic hydroxyl groups excluding tert-OH is 2. The molecule has 0 bridgehead atoms. The van der Waals surface area contributed by atoms with Crippen molar-refractivity contribution in [2.45, 2.75) is 19.1 Å². The van der Waals surface area contributed by atoms with Crippen molar-refractivity contribution in [1.29, 1.82) is 0 Å². The Morgan fingerprint density at radius 3 is 2.60 bits per heavy atom. The van der Waals surface area contributed by atoms with E-state index in [1.54, 1.807) is 6.92 Å². The van der Waals surface area contributed by atoms with Gasteiger partial charge >= 0.3 is 0 Å². The van der Waals surface area contributed by atoms with E-state index >= 15 is 0 Å². The van der Waals surface area contributed by atoms with E-state index in [-0.39, 0.29) is 12.6 Å². The maximum absolute atomic E-state index is 9.13. The van der Waals surface area contributed by atoms with Gasteiger partial charge in [-0.05, 0) is 6.92 Å². The van der Waals surface area contributed by atoms with Crippen LogP contribution in [0.5, 0.6) is 0 Å². The summed E-state index contributed by atoms with van der Waals surface area (Å²) in [5.74, 6) is 1.28. The van der Waals surface area contributed by atoms with Gasteiger partial charge in [-0.2, -0.15) is 11.8 Å². The van der Waals surface area contributed by atoms with Gasteiger partial charge in [0.25, 0.3) is 0 Å². The maximum Gasteiger partial charge on any atom is 0.0778 e. The fourth-order valence-electron chi connectivity index (χ4n) is 0.420. The average molecular weight is 165 g/mol. The van der Waals surface area contributed by atoms with Crippen molar-refractivity contribution in [2.75, 3.05) is 18.1 Å². The third-order valence-corrected chi connectivity index (χ3v) is 2.18. The van der Waals surface area contributed by atoms with Crippen molar-refractivity contribution in [3.8, 4) is 0 Å². The molecule has 0 saturated heterocycles. The van der Waals surface area contributed by atoms with Gasteiger partial charge in [0.05, 0.1) is 12.7 Å². The average Bonchev–Trinajstić information content (AvgIpc) is 1.88. The lowest BCUT2D eigenvalue weighted by atomic mass is 10.2. The molecule has 0 aliphatic heterocycles. The monoisotopic (exact) mass is 165 g/mol. The molecule has 0 radical (unpaired) electrons. The van der Waals surface area contributed by atoms with Crippen LogP contribution in [0.4, 0.5) is 0 Å². The number of rotatable bonds is 5. The van der Waals surface area contributed by atoms with Crippen LogP contribution in [0.1, 0.15) is 6.92 Å². The summed E-state index contributed by atoms with van der Waals surface area (Å²) in [5.41, 5.74) is 5.39. The van der Waals surface area contributed by atoms with Crippen LogP contribution in [0.3, 0.4) is 0 Å². The molecule has 0 aromatic carbocycles. The minimum absolute atomic E-state index is 0.163. The van der Waals surface area contributed by atoms with Gasteiger partial charge in [-0.3, -0.25) is 0 Å². The lowest BCUT2D eigenvalue weighted by Crippen LogP contribution is -2.33. The molecular formula is C6H15NO2S. The van der Waals surface area contributed by atoms with Gasteiger partial charge in [0.1, 0.15) is 0 Å². The van der Waals surface area contributed by atoms with Crippen molar-refractivity contribution in [3.05, 3.63) is 0 Å². The highest BCUT2D eigenvalue weighted by atomic mass is 32.2. The quantitative estimate of drug-likeness (QED) is 0.477. The zero-order chi connectivity index (χ0) is 7.98. The summed E-state index contributed by atoms with van der Waals surface area (Å²) in [6.45, 7) is 1.93. The van der Waals surface area contributed by atoms with Crippen molar-refractivity contribution < 1.29 is 10.2 Å². The van der Waals surface area contributed by atoms with Crippen LogP contribution in [0.25, 0.3) is 0 Å². The molecule has 0 spiro atoms. The largest absolute Gasteiger partial charge is 0.396 e. The summed E-state index contributed by atoms with van der Waals surface area (Å²) in [6.07, 6.45) is -0.448. The molecule has 0 aliphatic carbocycles. The first kappa shape index (κ1) is 10.2. The Kier molecular flexibility index (Phi) is 6.11. The predicted molar refractivity (Wildman–Crippen MR) is 44.1 cm³/mol. The fraction of sp³-hybridized carbons (Fsp3) is 1.00. The molecule has 0 aromatic rings. The molecule has 0 amide bonds. The lowest BCUT2D eigenvalue weighted by molar-refractivity contribution is 0.175. The molecule has 62 valence electrons. The molecule has 0 saturated carbocycles. The maximum atomic E-state index is 9.13. The predicted octanol–water partition coefficient (Wildman–Crippen LogP) is -0.580. The van der Waals surface area contributed by atoms with Crippen molar-refractivity contribution in [2.24, 2.45) is 5.73 Å². The van der Waals surface area contributed by atoms with Crippen LogP contribution in [-0.2, 0) is 0 Å². The van der Waals surface area contributed by atoms with Gasteiger partial charge in [0.2, 0.25) is 0 Å². The Morgan fingerprint density at radius 1 is 1.60 bits per heavy atom. The molecular weight excluding hydrogens is 150 g/mol. The minimum atomic E-state index is -0.448. The first-order chi connectivity index (χ1) is 4.68. The zero-order valence-corrected chi connectivity index (χ0v) is 6.97. The molecule has 4 heteroatoms. The number of nitrogens with two attached hydrogens (primary N) is 1. The lowest BCUT2D eigenvalue weighted by Gasteiger charge is -2.12. The molecule has 3 nitrogen and oxygen atoms in total. The van der Waals surface area contributed by atoms with Crippen LogP contribution < -0.4 is 5.73 Å². The first-order valence-corrected chi connectivity index (χ1v) is 4.46. The van der Waals surface area contributed by atoms with E-state index in [2.05, 4.69) is 0 Å². The van der Waals surface area contributed by atoms with E-state index in [1.807, 2.05) is 0 Å². The molecule has 0 fully saturated rings. The summed E-state index contributed by atoms with van der Waals surface area (Å²) >= 11 is 1.51. The van der Waals surface area contributed by atoms with E-state index in [1.165, 1.54) is 11.8 Å². The van der Waals surface area contributed by atoms with Crippen LogP contribution >= 0.6 is 11.8 Å². The van der Waals surface area contributed by atoms with E-state index in [9.17, 15) is 0 Å². The summed E-state index contributed by atoms with van der Waals surface area (Å²) in [5, 5.41) is 17.5. The summed E-state index contributed by atoms with van der Waals surface area (Å²) in [6, 6.07) is -0.175. The standard InChI is InChI=1S/C6H15NO2S/c1-5(7)6(9)4-10-3-2-8/h5-6,8-9H,2-4,7H2,1H3. The van der Waals surface area contributed by atoms with Gasteiger partial charge in [-0.1, -0.05) is 0 Å². The smallest absolute Gasteiger partial charge is 0.0778 e. The topological polar surface area (TPSA) is 66.5 Å².